The van der Waals surface area contributed by atoms with Crippen LogP contribution in [0.5, 0.6) is 11.5 Å². The molecule has 0 saturated heterocycles. The van der Waals surface area contributed by atoms with Crippen molar-refractivity contribution in [2.75, 3.05) is 34.3 Å². The number of methoxy groups -OCH3 is 1. The van der Waals surface area contributed by atoms with E-state index in [9.17, 15) is 0 Å². The van der Waals surface area contributed by atoms with E-state index < -0.39 is 0 Å². The van der Waals surface area contributed by atoms with Gasteiger partial charge >= 0.3 is 0 Å². The molecule has 5 nitrogen and oxygen atoms in total. The third-order valence-electron chi connectivity index (χ3n) is 3.35. The normalized spacial score (nSPS) is 12.7. The average Bonchev–Trinajstić information content (AvgIpc) is 2.53. The molecule has 0 spiro atoms. The molecule has 0 aromatic heterocycles. The van der Waals surface area contributed by atoms with Gasteiger partial charge in [-0.25, -0.2) is 0 Å². The summed E-state index contributed by atoms with van der Waals surface area (Å²) in [6.45, 7) is 5.92. The number of unbranched alkanes of at least 4 members (excludes halogenated alkanes) is 1. The molecule has 1 rings (SSSR count). The molecule has 1 unspecified atom stereocenters. The third-order valence-corrected chi connectivity index (χ3v) is 3.35. The molecule has 1 N–H and O–H groups in total. The van der Waals surface area contributed by atoms with E-state index >= 15 is 0 Å². The Labute approximate surface area is 134 Å². The number of nitrogens with one attached hydrogen (secondary N) is 1. The molecular formula is C17H29N3O2. The van der Waals surface area contributed by atoms with Crippen LogP contribution in [0.2, 0.25) is 0 Å². The number of ether oxygens (including phenoxy) is 2. The van der Waals surface area contributed by atoms with Crippen LogP contribution in [0, 0.1) is 0 Å². The minimum atomic E-state index is 0.0310. The summed E-state index contributed by atoms with van der Waals surface area (Å²) in [7, 11) is 5.51. The lowest BCUT2D eigenvalue weighted by Gasteiger charge is -2.23. The minimum absolute atomic E-state index is 0.0310. The fraction of sp³-hybridized carbons (Fsp3) is 0.588. The van der Waals surface area contributed by atoms with Crippen molar-refractivity contribution >= 4 is 5.96 Å². The van der Waals surface area contributed by atoms with Crippen LogP contribution in [0.3, 0.4) is 0 Å². The van der Waals surface area contributed by atoms with Crippen molar-refractivity contribution in [3.05, 3.63) is 24.3 Å². The molecule has 0 bridgehead atoms. The van der Waals surface area contributed by atoms with Gasteiger partial charge in [0.2, 0.25) is 0 Å². The summed E-state index contributed by atoms with van der Waals surface area (Å²) in [5.74, 6) is 2.50. The second-order valence-corrected chi connectivity index (χ2v) is 5.31. The maximum absolute atomic E-state index is 5.90. The first-order valence-corrected chi connectivity index (χ1v) is 7.83. The zero-order valence-electron chi connectivity index (χ0n) is 14.4. The summed E-state index contributed by atoms with van der Waals surface area (Å²) in [6.07, 6.45) is 2.37. The van der Waals surface area contributed by atoms with Crippen molar-refractivity contribution in [1.29, 1.82) is 0 Å². The molecule has 5 heteroatoms. The van der Waals surface area contributed by atoms with E-state index in [0.717, 1.165) is 30.4 Å². The topological polar surface area (TPSA) is 46.1 Å². The summed E-state index contributed by atoms with van der Waals surface area (Å²) < 4.78 is 11.1. The molecule has 0 heterocycles. The fourth-order valence-electron chi connectivity index (χ4n) is 2.07. The number of rotatable bonds is 8. The molecule has 0 amide bonds. The van der Waals surface area contributed by atoms with Crippen molar-refractivity contribution in [1.82, 2.24) is 10.2 Å². The molecular weight excluding hydrogens is 278 g/mol. The Kier molecular flexibility index (Phi) is 8.18. The minimum Gasteiger partial charge on any atom is -0.497 e. The fourth-order valence-corrected chi connectivity index (χ4v) is 2.07. The molecule has 0 saturated carbocycles. The van der Waals surface area contributed by atoms with Crippen LogP contribution in [0.15, 0.2) is 29.3 Å². The predicted octanol–water partition coefficient (Wildman–Crippen LogP) is 2.77. The van der Waals surface area contributed by atoms with Gasteiger partial charge in [-0.2, -0.15) is 0 Å². The molecule has 0 aliphatic rings. The lowest BCUT2D eigenvalue weighted by Crippen LogP contribution is -2.43. The van der Waals surface area contributed by atoms with Gasteiger partial charge in [0.15, 0.2) is 5.96 Å². The van der Waals surface area contributed by atoms with Crippen LogP contribution in [-0.4, -0.2) is 51.3 Å². The molecule has 1 atom stereocenters. The number of benzene rings is 1. The summed E-state index contributed by atoms with van der Waals surface area (Å²) in [4.78, 5) is 6.44. The van der Waals surface area contributed by atoms with Crippen molar-refractivity contribution in [2.45, 2.75) is 32.8 Å². The Balaban J connectivity index is 2.45. The van der Waals surface area contributed by atoms with Gasteiger partial charge in [-0.05, 0) is 25.5 Å². The first kappa shape index (κ1) is 18.1. The van der Waals surface area contributed by atoms with Gasteiger partial charge in [0, 0.05) is 26.7 Å². The van der Waals surface area contributed by atoms with Crippen LogP contribution in [0.4, 0.5) is 0 Å². The molecule has 1 aromatic carbocycles. The third kappa shape index (κ3) is 6.24. The lowest BCUT2D eigenvalue weighted by atomic mass is 10.3. The first-order chi connectivity index (χ1) is 10.6. The van der Waals surface area contributed by atoms with Gasteiger partial charge < -0.3 is 19.7 Å². The standard InChI is InChI=1S/C17H29N3O2/c1-6-7-11-20(4)17(18-3)19-13-14(2)22-16-10-8-9-15(12-16)21-5/h8-10,12,14H,6-7,11,13H2,1-5H3,(H,18,19). The summed E-state index contributed by atoms with van der Waals surface area (Å²) in [5.41, 5.74) is 0. The Morgan fingerprint density at radius 3 is 2.73 bits per heavy atom. The summed E-state index contributed by atoms with van der Waals surface area (Å²) in [5, 5.41) is 3.35. The van der Waals surface area contributed by atoms with Gasteiger partial charge in [0.1, 0.15) is 17.6 Å². The van der Waals surface area contributed by atoms with Crippen LogP contribution in [-0.2, 0) is 0 Å². The predicted molar refractivity (Wildman–Crippen MR) is 92.0 cm³/mol. The second kappa shape index (κ2) is 9.92. The number of guanidine groups is 1. The van der Waals surface area contributed by atoms with Crippen LogP contribution >= 0.6 is 0 Å². The molecule has 0 aliphatic carbocycles. The number of hydrogen-bond donors (Lipinski definition) is 1. The Morgan fingerprint density at radius 1 is 1.36 bits per heavy atom. The second-order valence-electron chi connectivity index (χ2n) is 5.31. The monoisotopic (exact) mass is 307 g/mol. The van der Waals surface area contributed by atoms with Crippen LogP contribution in [0.25, 0.3) is 0 Å². The van der Waals surface area contributed by atoms with E-state index in [1.54, 1.807) is 14.2 Å². The van der Waals surface area contributed by atoms with E-state index in [-0.39, 0.29) is 6.10 Å². The molecule has 1 aromatic rings. The number of nitrogens with zero attached hydrogens (tertiary/aromatic N) is 2. The maximum Gasteiger partial charge on any atom is 0.193 e. The van der Waals surface area contributed by atoms with E-state index in [0.29, 0.717) is 6.54 Å². The lowest BCUT2D eigenvalue weighted by molar-refractivity contribution is 0.221. The molecule has 22 heavy (non-hydrogen) atoms. The van der Waals surface area contributed by atoms with Crippen molar-refractivity contribution in [3.63, 3.8) is 0 Å². The van der Waals surface area contributed by atoms with Gasteiger partial charge in [0.05, 0.1) is 13.7 Å². The summed E-state index contributed by atoms with van der Waals surface area (Å²) >= 11 is 0. The van der Waals surface area contributed by atoms with E-state index in [1.807, 2.05) is 31.2 Å². The van der Waals surface area contributed by atoms with Crippen molar-refractivity contribution < 1.29 is 9.47 Å². The summed E-state index contributed by atoms with van der Waals surface area (Å²) in [6, 6.07) is 7.64. The highest BCUT2D eigenvalue weighted by Gasteiger charge is 2.09. The molecule has 0 aliphatic heterocycles. The number of hydrogen-bond acceptors (Lipinski definition) is 3. The van der Waals surface area contributed by atoms with Gasteiger partial charge in [-0.15, -0.1) is 0 Å². The zero-order chi connectivity index (χ0) is 16.4. The maximum atomic E-state index is 5.90. The largest absolute Gasteiger partial charge is 0.497 e. The Hall–Kier alpha value is -1.91. The van der Waals surface area contributed by atoms with Gasteiger partial charge in [-0.3, -0.25) is 4.99 Å². The zero-order valence-corrected chi connectivity index (χ0v) is 14.4. The van der Waals surface area contributed by atoms with Crippen molar-refractivity contribution in [2.24, 2.45) is 4.99 Å². The molecule has 0 radical (unpaired) electrons. The quantitative estimate of drug-likeness (QED) is 0.592. The first-order valence-electron chi connectivity index (χ1n) is 7.83. The smallest absolute Gasteiger partial charge is 0.193 e. The Bertz CT molecular complexity index is 463. The molecule has 124 valence electrons. The van der Waals surface area contributed by atoms with Crippen LogP contribution in [0.1, 0.15) is 26.7 Å². The van der Waals surface area contributed by atoms with E-state index in [2.05, 4.69) is 29.2 Å². The highest BCUT2D eigenvalue weighted by Crippen LogP contribution is 2.19. The molecule has 0 fully saturated rings. The van der Waals surface area contributed by atoms with Crippen molar-refractivity contribution in [3.8, 4) is 11.5 Å². The van der Waals surface area contributed by atoms with Crippen LogP contribution < -0.4 is 14.8 Å². The SMILES string of the molecule is CCCCN(C)C(=NC)NCC(C)Oc1cccc(OC)c1. The van der Waals surface area contributed by atoms with Gasteiger partial charge in [-0.1, -0.05) is 19.4 Å². The van der Waals surface area contributed by atoms with E-state index in [4.69, 9.17) is 9.47 Å². The number of aliphatic imine (C=N–C) groups is 1. The Morgan fingerprint density at radius 2 is 2.09 bits per heavy atom. The van der Waals surface area contributed by atoms with E-state index in [1.165, 1.54) is 6.42 Å². The average molecular weight is 307 g/mol. The highest BCUT2D eigenvalue weighted by atomic mass is 16.5. The van der Waals surface area contributed by atoms with Gasteiger partial charge in [0.25, 0.3) is 0 Å². The highest BCUT2D eigenvalue weighted by molar-refractivity contribution is 5.79.